The third-order valence-electron chi connectivity index (χ3n) is 3.41. The van der Waals surface area contributed by atoms with Gasteiger partial charge >= 0.3 is 0 Å². The maximum absolute atomic E-state index is 5.51. The lowest BCUT2D eigenvalue weighted by Gasteiger charge is -2.21. The maximum Gasteiger partial charge on any atom is 0.203 e. The highest BCUT2D eigenvalue weighted by molar-refractivity contribution is 9.09. The molecule has 0 N–H and O–H groups in total. The molecule has 2 unspecified atom stereocenters. The van der Waals surface area contributed by atoms with Crippen LogP contribution in [0, 0.1) is 5.92 Å². The zero-order valence-electron chi connectivity index (χ0n) is 11.4. The number of hydrogen-bond donors (Lipinski definition) is 0. The number of methoxy groups -OCH3 is 3. The summed E-state index contributed by atoms with van der Waals surface area (Å²) in [5.41, 5.74) is 1.07. The Morgan fingerprint density at radius 2 is 1.89 bits per heavy atom. The number of halogens is 1. The standard InChI is InChI=1S/C14H19BrO4/c1-16-11-5-4-10(13(17-2)14(11)18-3)12(15)9-6-7-19-8-9/h4-5,9,12H,6-8H2,1-3H3. The Balaban J connectivity index is 2.38. The molecule has 0 aliphatic carbocycles. The van der Waals surface area contributed by atoms with Crippen molar-refractivity contribution < 1.29 is 18.9 Å². The second kappa shape index (κ2) is 6.48. The summed E-state index contributed by atoms with van der Waals surface area (Å²) in [5, 5.41) is 0. The minimum atomic E-state index is 0.185. The number of alkyl halides is 1. The fourth-order valence-electron chi connectivity index (χ4n) is 2.38. The minimum absolute atomic E-state index is 0.185. The Morgan fingerprint density at radius 1 is 1.16 bits per heavy atom. The molecule has 1 heterocycles. The van der Waals surface area contributed by atoms with Crippen molar-refractivity contribution in [2.45, 2.75) is 11.2 Å². The topological polar surface area (TPSA) is 36.9 Å². The van der Waals surface area contributed by atoms with E-state index in [1.807, 2.05) is 12.1 Å². The lowest BCUT2D eigenvalue weighted by molar-refractivity contribution is 0.185. The van der Waals surface area contributed by atoms with E-state index in [9.17, 15) is 0 Å². The summed E-state index contributed by atoms with van der Waals surface area (Å²) in [4.78, 5) is 0.185. The SMILES string of the molecule is COc1ccc(C(Br)C2CCOC2)c(OC)c1OC. The molecule has 4 nitrogen and oxygen atoms in total. The van der Waals surface area contributed by atoms with Gasteiger partial charge in [0.25, 0.3) is 0 Å². The van der Waals surface area contributed by atoms with Crippen molar-refractivity contribution in [2.24, 2.45) is 5.92 Å². The Hall–Kier alpha value is -0.940. The monoisotopic (exact) mass is 330 g/mol. The number of rotatable bonds is 5. The van der Waals surface area contributed by atoms with E-state index in [2.05, 4.69) is 15.9 Å². The van der Waals surface area contributed by atoms with Gasteiger partial charge in [0.05, 0.1) is 27.9 Å². The van der Waals surface area contributed by atoms with E-state index >= 15 is 0 Å². The van der Waals surface area contributed by atoms with Crippen molar-refractivity contribution in [3.63, 3.8) is 0 Å². The zero-order valence-corrected chi connectivity index (χ0v) is 13.0. The van der Waals surface area contributed by atoms with Crippen LogP contribution < -0.4 is 14.2 Å². The average Bonchev–Trinajstić information content (AvgIpc) is 2.98. The van der Waals surface area contributed by atoms with E-state index in [1.165, 1.54) is 0 Å². The summed E-state index contributed by atoms with van der Waals surface area (Å²) in [6.07, 6.45) is 1.05. The van der Waals surface area contributed by atoms with Gasteiger partial charge in [-0.05, 0) is 12.5 Å². The fourth-order valence-corrected chi connectivity index (χ4v) is 3.16. The van der Waals surface area contributed by atoms with Gasteiger partial charge in [-0.25, -0.2) is 0 Å². The largest absolute Gasteiger partial charge is 0.493 e. The summed E-state index contributed by atoms with van der Waals surface area (Å²) in [5.74, 6) is 2.47. The molecule has 2 atom stereocenters. The normalized spacial score (nSPS) is 20.1. The predicted molar refractivity (Wildman–Crippen MR) is 76.7 cm³/mol. The van der Waals surface area contributed by atoms with Crippen LogP contribution in [0.3, 0.4) is 0 Å². The number of benzene rings is 1. The Morgan fingerprint density at radius 3 is 2.42 bits per heavy atom. The first-order chi connectivity index (χ1) is 9.22. The van der Waals surface area contributed by atoms with Crippen LogP contribution in [0.1, 0.15) is 16.8 Å². The van der Waals surface area contributed by atoms with Gasteiger partial charge in [0.15, 0.2) is 11.5 Å². The van der Waals surface area contributed by atoms with Crippen molar-refractivity contribution >= 4 is 15.9 Å². The first-order valence-electron chi connectivity index (χ1n) is 6.23. The highest BCUT2D eigenvalue weighted by atomic mass is 79.9. The molecule has 1 aliphatic rings. The fraction of sp³-hybridized carbons (Fsp3) is 0.571. The van der Waals surface area contributed by atoms with Crippen LogP contribution in [0.4, 0.5) is 0 Å². The Kier molecular flexibility index (Phi) is 4.93. The second-order valence-electron chi connectivity index (χ2n) is 4.45. The summed E-state index contributed by atoms with van der Waals surface area (Å²) < 4.78 is 21.7. The van der Waals surface area contributed by atoms with E-state index in [-0.39, 0.29) is 4.83 Å². The summed E-state index contributed by atoms with van der Waals surface area (Å²) in [7, 11) is 4.88. The zero-order chi connectivity index (χ0) is 13.8. The van der Waals surface area contributed by atoms with Crippen molar-refractivity contribution in [3.8, 4) is 17.2 Å². The Labute approximate surface area is 122 Å². The van der Waals surface area contributed by atoms with E-state index < -0.39 is 0 Å². The lowest BCUT2D eigenvalue weighted by atomic mass is 9.97. The molecule has 0 aromatic heterocycles. The highest BCUT2D eigenvalue weighted by Gasteiger charge is 2.29. The lowest BCUT2D eigenvalue weighted by Crippen LogP contribution is -2.09. The molecule has 1 fully saturated rings. The van der Waals surface area contributed by atoms with Gasteiger partial charge < -0.3 is 18.9 Å². The first-order valence-corrected chi connectivity index (χ1v) is 7.15. The molecule has 0 radical (unpaired) electrons. The van der Waals surface area contributed by atoms with Crippen LogP contribution >= 0.6 is 15.9 Å². The molecule has 1 aromatic rings. The molecular weight excluding hydrogens is 312 g/mol. The van der Waals surface area contributed by atoms with Crippen molar-refractivity contribution in [2.75, 3.05) is 34.5 Å². The molecule has 1 aromatic carbocycles. The summed E-state index contributed by atoms with van der Waals surface area (Å²) >= 11 is 3.76. The molecule has 0 amide bonds. The van der Waals surface area contributed by atoms with Crippen LogP contribution in [0.5, 0.6) is 17.2 Å². The highest BCUT2D eigenvalue weighted by Crippen LogP contribution is 2.47. The van der Waals surface area contributed by atoms with Gasteiger partial charge in [-0.1, -0.05) is 22.0 Å². The quantitative estimate of drug-likeness (QED) is 0.777. The maximum atomic E-state index is 5.51. The van der Waals surface area contributed by atoms with E-state index in [0.29, 0.717) is 17.4 Å². The molecule has 106 valence electrons. The van der Waals surface area contributed by atoms with Gasteiger partial charge in [-0.2, -0.15) is 0 Å². The van der Waals surface area contributed by atoms with Gasteiger partial charge in [-0.15, -0.1) is 0 Å². The molecule has 0 spiro atoms. The summed E-state index contributed by atoms with van der Waals surface area (Å²) in [6, 6.07) is 3.92. The van der Waals surface area contributed by atoms with Crippen LogP contribution in [0.15, 0.2) is 12.1 Å². The van der Waals surface area contributed by atoms with Gasteiger partial charge in [0.2, 0.25) is 5.75 Å². The third kappa shape index (κ3) is 2.82. The molecule has 19 heavy (non-hydrogen) atoms. The van der Waals surface area contributed by atoms with Crippen molar-refractivity contribution in [1.29, 1.82) is 0 Å². The van der Waals surface area contributed by atoms with Gasteiger partial charge in [0.1, 0.15) is 0 Å². The second-order valence-corrected chi connectivity index (χ2v) is 5.44. The van der Waals surface area contributed by atoms with Crippen LogP contribution in [-0.4, -0.2) is 34.5 Å². The minimum Gasteiger partial charge on any atom is -0.493 e. The molecule has 5 heteroatoms. The van der Waals surface area contributed by atoms with Crippen LogP contribution in [-0.2, 0) is 4.74 Å². The van der Waals surface area contributed by atoms with E-state index in [0.717, 1.165) is 30.9 Å². The van der Waals surface area contributed by atoms with E-state index in [1.54, 1.807) is 21.3 Å². The van der Waals surface area contributed by atoms with Crippen LogP contribution in [0.25, 0.3) is 0 Å². The molecule has 2 rings (SSSR count). The molecule has 0 bridgehead atoms. The van der Waals surface area contributed by atoms with Crippen molar-refractivity contribution in [3.05, 3.63) is 17.7 Å². The Bertz CT molecular complexity index is 430. The molecular formula is C14H19BrO4. The predicted octanol–water partition coefficient (Wildman–Crippen LogP) is 3.18. The van der Waals surface area contributed by atoms with Crippen molar-refractivity contribution in [1.82, 2.24) is 0 Å². The van der Waals surface area contributed by atoms with Crippen LogP contribution in [0.2, 0.25) is 0 Å². The number of ether oxygens (including phenoxy) is 4. The first kappa shape index (κ1) is 14.5. The van der Waals surface area contributed by atoms with Gasteiger partial charge in [0, 0.05) is 22.9 Å². The molecule has 1 aliphatic heterocycles. The third-order valence-corrected chi connectivity index (χ3v) is 4.65. The average molecular weight is 331 g/mol. The van der Waals surface area contributed by atoms with E-state index in [4.69, 9.17) is 18.9 Å². The molecule has 1 saturated heterocycles. The smallest absolute Gasteiger partial charge is 0.203 e. The summed E-state index contributed by atoms with van der Waals surface area (Å²) in [6.45, 7) is 1.59. The number of hydrogen-bond acceptors (Lipinski definition) is 4. The van der Waals surface area contributed by atoms with Gasteiger partial charge in [-0.3, -0.25) is 0 Å². The molecule has 0 saturated carbocycles.